The van der Waals surface area contributed by atoms with Gasteiger partial charge in [0.2, 0.25) is 5.88 Å². The number of hydrogen-bond donors (Lipinski definition) is 4. The van der Waals surface area contributed by atoms with Crippen LogP contribution in [0.3, 0.4) is 0 Å². The molecule has 1 saturated carbocycles. The number of imidazole rings is 1. The molecule has 11 heteroatoms. The third kappa shape index (κ3) is 4.44. The Kier molecular flexibility index (Phi) is 4.93. The van der Waals surface area contributed by atoms with Gasteiger partial charge < -0.3 is 15.4 Å². The molecular weight excluding hydrogens is 442 g/mol. The molecule has 0 aromatic carbocycles. The summed E-state index contributed by atoms with van der Waals surface area (Å²) in [5.74, 6) is -0.390. The highest BCUT2D eigenvalue weighted by Crippen LogP contribution is 2.27. The van der Waals surface area contributed by atoms with Crippen LogP contribution in [0.5, 0.6) is 5.88 Å². The van der Waals surface area contributed by atoms with Gasteiger partial charge >= 0.3 is 5.69 Å². The summed E-state index contributed by atoms with van der Waals surface area (Å²) in [6.45, 7) is 5.81. The zero-order valence-corrected chi connectivity index (χ0v) is 19.2. The van der Waals surface area contributed by atoms with Gasteiger partial charge in [0.05, 0.1) is 27.7 Å². The van der Waals surface area contributed by atoms with Crippen molar-refractivity contribution in [2.75, 3.05) is 0 Å². The van der Waals surface area contributed by atoms with Gasteiger partial charge in [0, 0.05) is 16.8 Å². The molecule has 0 bridgehead atoms. The number of carbonyl (C=O) groups excluding carboxylic acids is 1. The first-order chi connectivity index (χ1) is 15.7. The Morgan fingerprint density at radius 3 is 2.79 bits per heavy atom. The number of amides is 1. The smallest absolute Gasteiger partial charge is 0.326 e. The minimum atomic E-state index is -0.507. The number of hydrogen-bond acceptors (Lipinski definition) is 7. The molecule has 0 aliphatic heterocycles. The predicted octanol–water partition coefficient (Wildman–Crippen LogP) is 1.32. The fraction of sp³-hybridized carbons (Fsp3) is 0.318. The molecule has 4 aromatic rings. The zero-order chi connectivity index (χ0) is 23.3. The lowest BCUT2D eigenvalue weighted by Crippen LogP contribution is -2.40. The lowest BCUT2D eigenvalue weighted by molar-refractivity contribution is 0.0923. The third-order valence-electron chi connectivity index (χ3n) is 4.95. The Hall–Kier alpha value is -3.73. The van der Waals surface area contributed by atoms with E-state index in [-0.39, 0.29) is 29.1 Å². The maximum atomic E-state index is 12.6. The summed E-state index contributed by atoms with van der Waals surface area (Å²) in [6.07, 6.45) is 5.28. The molecule has 0 unspecified atom stereocenters. The van der Waals surface area contributed by atoms with Gasteiger partial charge in [-0.05, 0) is 51.8 Å². The van der Waals surface area contributed by atoms with Crippen LogP contribution in [0, 0.1) is 0 Å². The van der Waals surface area contributed by atoms with Crippen molar-refractivity contribution in [3.05, 3.63) is 56.2 Å². The Labute approximate surface area is 191 Å². The number of thiophene rings is 1. The number of aromatic hydroxyl groups is 1. The summed E-state index contributed by atoms with van der Waals surface area (Å²) in [5, 5.41) is 17.9. The average molecular weight is 466 g/mol. The van der Waals surface area contributed by atoms with E-state index in [2.05, 4.69) is 20.4 Å². The Morgan fingerprint density at radius 2 is 2.12 bits per heavy atom. The van der Waals surface area contributed by atoms with Crippen LogP contribution in [-0.2, 0) is 0 Å². The van der Waals surface area contributed by atoms with Crippen molar-refractivity contribution in [1.29, 1.82) is 0 Å². The summed E-state index contributed by atoms with van der Waals surface area (Å²) < 4.78 is 1.65. The van der Waals surface area contributed by atoms with Gasteiger partial charge in [-0.3, -0.25) is 14.8 Å². The fourth-order valence-electron chi connectivity index (χ4n) is 3.32. The van der Waals surface area contributed by atoms with Crippen LogP contribution in [-0.4, -0.2) is 47.2 Å². The maximum Gasteiger partial charge on any atom is 0.326 e. The van der Waals surface area contributed by atoms with Crippen LogP contribution in [0.2, 0.25) is 0 Å². The largest absolute Gasteiger partial charge is 0.493 e. The van der Waals surface area contributed by atoms with E-state index in [0.717, 1.165) is 17.7 Å². The van der Waals surface area contributed by atoms with Crippen LogP contribution in [0.25, 0.3) is 22.3 Å². The molecule has 1 amide bonds. The Morgan fingerprint density at radius 1 is 1.33 bits per heavy atom. The quantitative estimate of drug-likeness (QED) is 0.360. The Bertz CT molecular complexity index is 1550. The molecule has 0 radical (unpaired) electrons. The van der Waals surface area contributed by atoms with Gasteiger partial charge in [-0.1, -0.05) is 0 Å². The molecule has 4 N–H and O–H groups in total. The first kappa shape index (κ1) is 21.1. The number of rotatable bonds is 4. The highest BCUT2D eigenvalue weighted by Gasteiger charge is 2.21. The SMILES string of the molecule is CC(C)(C)NC(=O)c1ccc(-c2cc(=NC3CC3)n3nc/c(=C\c4[nH]c(=O)[nH]c4O)c3n2)s1. The van der Waals surface area contributed by atoms with Crippen LogP contribution in [0.4, 0.5) is 0 Å². The molecule has 0 saturated heterocycles. The van der Waals surface area contributed by atoms with E-state index < -0.39 is 5.69 Å². The third-order valence-corrected chi connectivity index (χ3v) is 6.05. The van der Waals surface area contributed by atoms with E-state index in [1.54, 1.807) is 22.9 Å². The molecule has 1 aliphatic rings. The molecular formula is C22H23N7O3S. The number of nitrogens with one attached hydrogen (secondary N) is 3. The molecule has 4 aromatic heterocycles. The summed E-state index contributed by atoms with van der Waals surface area (Å²) in [5.41, 5.74) is 1.26. The van der Waals surface area contributed by atoms with Gasteiger partial charge in [0.15, 0.2) is 11.1 Å². The van der Waals surface area contributed by atoms with Crippen molar-refractivity contribution in [3.8, 4) is 16.5 Å². The van der Waals surface area contributed by atoms with Crippen molar-refractivity contribution < 1.29 is 9.90 Å². The molecule has 1 fully saturated rings. The van der Waals surface area contributed by atoms with E-state index in [9.17, 15) is 14.7 Å². The van der Waals surface area contributed by atoms with Crippen molar-refractivity contribution in [1.82, 2.24) is 29.9 Å². The molecule has 170 valence electrons. The highest BCUT2D eigenvalue weighted by molar-refractivity contribution is 7.17. The molecule has 10 nitrogen and oxygen atoms in total. The van der Waals surface area contributed by atoms with E-state index in [4.69, 9.17) is 9.98 Å². The minimum absolute atomic E-state index is 0.131. The summed E-state index contributed by atoms with van der Waals surface area (Å²) in [7, 11) is 0. The minimum Gasteiger partial charge on any atom is -0.493 e. The molecule has 1 aliphatic carbocycles. The van der Waals surface area contributed by atoms with Crippen molar-refractivity contribution >= 4 is 29.0 Å². The van der Waals surface area contributed by atoms with Crippen LogP contribution < -0.4 is 21.7 Å². The Balaban J connectivity index is 1.64. The van der Waals surface area contributed by atoms with Crippen LogP contribution in [0.1, 0.15) is 49.0 Å². The number of fused-ring (bicyclic) bond motifs is 1. The van der Waals surface area contributed by atoms with Gasteiger partial charge in [-0.25, -0.2) is 9.78 Å². The molecule has 5 rings (SSSR count). The number of H-pyrrole nitrogens is 2. The number of aromatic nitrogens is 5. The van der Waals surface area contributed by atoms with Crippen LogP contribution in [0.15, 0.2) is 34.2 Å². The molecule has 0 spiro atoms. The first-order valence-electron chi connectivity index (χ1n) is 10.5. The highest BCUT2D eigenvalue weighted by atomic mass is 32.1. The monoisotopic (exact) mass is 465 g/mol. The second-order valence-electron chi connectivity index (χ2n) is 9.05. The standard InChI is InChI=1S/C22H23N7O3S/c1-22(2,3)28-20(31)16-7-6-15(33-16)13-9-17(24-12-4-5-12)29-18(25-13)11(10-23-29)8-14-19(30)27-21(32)26-14/h6-10,12,30H,4-5H2,1-3H3,(H,28,31)(H2,26,27,32)/b11-8+,24-17?. The summed E-state index contributed by atoms with van der Waals surface area (Å²) in [4.78, 5) is 39.9. The summed E-state index contributed by atoms with van der Waals surface area (Å²) in [6, 6.07) is 5.80. The molecule has 4 heterocycles. The lowest BCUT2D eigenvalue weighted by atomic mass is 10.1. The van der Waals surface area contributed by atoms with Gasteiger partial charge in [-0.2, -0.15) is 9.61 Å². The zero-order valence-electron chi connectivity index (χ0n) is 18.3. The maximum absolute atomic E-state index is 12.6. The average Bonchev–Trinajstić information content (AvgIpc) is 3.11. The van der Waals surface area contributed by atoms with E-state index >= 15 is 0 Å². The first-order valence-corrected chi connectivity index (χ1v) is 11.4. The van der Waals surface area contributed by atoms with E-state index in [1.807, 2.05) is 32.9 Å². The van der Waals surface area contributed by atoms with E-state index in [1.165, 1.54) is 11.3 Å². The molecule has 33 heavy (non-hydrogen) atoms. The number of aromatic amines is 2. The molecule has 0 atom stereocenters. The summed E-state index contributed by atoms with van der Waals surface area (Å²) >= 11 is 1.36. The van der Waals surface area contributed by atoms with Crippen molar-refractivity contribution in [2.45, 2.75) is 45.2 Å². The topological polar surface area (TPSA) is 141 Å². The van der Waals surface area contributed by atoms with Crippen molar-refractivity contribution in [2.24, 2.45) is 4.99 Å². The number of nitrogens with zero attached hydrogens (tertiary/aromatic N) is 4. The van der Waals surface area contributed by atoms with E-state index in [0.29, 0.717) is 26.9 Å². The lowest BCUT2D eigenvalue weighted by Gasteiger charge is -2.19. The van der Waals surface area contributed by atoms with Gasteiger partial charge in [0.25, 0.3) is 5.91 Å². The van der Waals surface area contributed by atoms with Gasteiger partial charge in [-0.15, -0.1) is 11.3 Å². The second-order valence-corrected chi connectivity index (χ2v) is 10.1. The number of carbonyl (C=O) groups is 1. The predicted molar refractivity (Wildman–Crippen MR) is 124 cm³/mol. The second kappa shape index (κ2) is 7.69. The fourth-order valence-corrected chi connectivity index (χ4v) is 4.18. The van der Waals surface area contributed by atoms with Crippen LogP contribution >= 0.6 is 11.3 Å². The van der Waals surface area contributed by atoms with Gasteiger partial charge in [0.1, 0.15) is 5.69 Å². The normalized spacial score (nSPS) is 15.5. The van der Waals surface area contributed by atoms with Crippen molar-refractivity contribution in [3.63, 3.8) is 0 Å².